The van der Waals surface area contributed by atoms with Crippen LogP contribution < -0.4 is 0 Å². The summed E-state index contributed by atoms with van der Waals surface area (Å²) in [6.07, 6.45) is -27.8. The minimum atomic E-state index is -1.91. The van der Waals surface area contributed by atoms with Crippen molar-refractivity contribution in [3.63, 3.8) is 0 Å². The van der Waals surface area contributed by atoms with Crippen LogP contribution in [0.15, 0.2) is 12.2 Å². The highest BCUT2D eigenvalue weighted by atomic mass is 16.8. The second-order valence-electron chi connectivity index (χ2n) is 25.9. The predicted octanol–water partition coefficient (Wildman–Crippen LogP) is -2.18. The Morgan fingerprint density at radius 2 is 1.16 bits per heavy atom. The third-order valence-electron chi connectivity index (χ3n) is 21.7. The zero-order valence-electron chi connectivity index (χ0n) is 45.2. The molecule has 9 rings (SSSR count). The van der Waals surface area contributed by atoms with E-state index < -0.39 is 177 Å². The number of rotatable bonds is 12. The van der Waals surface area contributed by atoms with Gasteiger partial charge in [-0.2, -0.15) is 0 Å². The van der Waals surface area contributed by atoms with Gasteiger partial charge in [-0.15, -0.1) is 0 Å². The van der Waals surface area contributed by atoms with E-state index in [1.165, 1.54) is 6.92 Å². The Bertz CT molecular complexity index is 2100. The van der Waals surface area contributed by atoms with Crippen molar-refractivity contribution in [1.29, 1.82) is 0 Å². The van der Waals surface area contributed by atoms with E-state index in [-0.39, 0.29) is 40.4 Å². The van der Waals surface area contributed by atoms with Gasteiger partial charge >= 0.3 is 5.97 Å². The van der Waals surface area contributed by atoms with Crippen LogP contribution in [-0.4, -0.2) is 232 Å². The molecule has 4 heterocycles. The summed E-state index contributed by atoms with van der Waals surface area (Å²) in [7, 11) is 0. The zero-order valence-corrected chi connectivity index (χ0v) is 45.2. The molecule has 0 aromatic carbocycles. The van der Waals surface area contributed by atoms with Crippen molar-refractivity contribution in [2.24, 2.45) is 56.7 Å². The summed E-state index contributed by atoms with van der Waals surface area (Å²) in [6, 6.07) is 0. The highest BCUT2D eigenvalue weighted by Crippen LogP contribution is 2.78. The van der Waals surface area contributed by atoms with E-state index in [4.69, 9.17) is 37.9 Å². The van der Waals surface area contributed by atoms with Crippen LogP contribution in [0.4, 0.5) is 0 Å². The van der Waals surface area contributed by atoms with E-state index in [9.17, 15) is 71.5 Å². The fourth-order valence-electron chi connectivity index (χ4n) is 17.3. The van der Waals surface area contributed by atoms with Gasteiger partial charge in [0, 0.05) is 0 Å². The lowest BCUT2D eigenvalue weighted by Gasteiger charge is -2.73. The summed E-state index contributed by atoms with van der Waals surface area (Å²) in [5, 5.41) is 152. The lowest BCUT2D eigenvalue weighted by molar-refractivity contribution is -0.361. The second kappa shape index (κ2) is 21.8. The van der Waals surface area contributed by atoms with Crippen molar-refractivity contribution < 1.29 is 114 Å². The molecular formula is C54H88O23. The standard InChI is InChI=1S/C54H88O23/c1-21(2)23-9-14-54(49(69)77-48-41(67)37(63)34(60)28(74-48)20-70-45-42(68)38(64)43(27(19-56)73-45)76-46-39(65)35(61)32(58)22(3)71-46)16-15-52(7)24(31(23)54)17-25(57)44-51(6)12-11-30(50(4,5)29(51)10-13-53(44,52)8)75-47-40(66)36(62)33(59)26(18-55)72-47/h22-48,55-68H,1,9-20H2,2-8H3/t22-,23+,24-,25+,26-,27-,28-,29-,30-,31+,32-,33-,34-,35+,36+,37+,38-,39-,40-,41-,42-,43-,44-,45-,46+,47+,48+,51-,52+,53+,54+/m0/s1. The van der Waals surface area contributed by atoms with E-state index >= 15 is 4.79 Å². The third-order valence-corrected chi connectivity index (χ3v) is 21.7. The molecule has 9 aliphatic rings. The molecule has 14 N–H and O–H groups in total. The molecule has 31 atom stereocenters. The number of ether oxygens (including phenoxy) is 8. The van der Waals surface area contributed by atoms with Gasteiger partial charge in [-0.05, 0) is 123 Å². The largest absolute Gasteiger partial charge is 0.432 e. The number of hydrogen-bond acceptors (Lipinski definition) is 23. The first-order chi connectivity index (χ1) is 36.0. The van der Waals surface area contributed by atoms with Crippen LogP contribution in [0.1, 0.15) is 106 Å². The smallest absolute Gasteiger partial charge is 0.314 e. The predicted molar refractivity (Wildman–Crippen MR) is 263 cm³/mol. The topological polar surface area (TPSA) is 374 Å². The highest BCUT2D eigenvalue weighted by Gasteiger charge is 2.74. The molecule has 0 aromatic heterocycles. The van der Waals surface area contributed by atoms with E-state index in [0.717, 1.165) is 18.4 Å². The summed E-state index contributed by atoms with van der Waals surface area (Å²) in [5.41, 5.74) is -1.89. The molecule has 4 aliphatic heterocycles. The molecule has 0 bridgehead atoms. The second-order valence-corrected chi connectivity index (χ2v) is 25.9. The quantitative estimate of drug-likeness (QED) is 0.0561. The fourth-order valence-corrected chi connectivity index (χ4v) is 17.3. The van der Waals surface area contributed by atoms with Gasteiger partial charge in [-0.25, -0.2) is 0 Å². The average molecular weight is 1110 g/mol. The van der Waals surface area contributed by atoms with Crippen LogP contribution in [0.25, 0.3) is 0 Å². The number of allylic oxidation sites excluding steroid dienone is 1. The number of carbonyl (C=O) groups is 1. The van der Waals surface area contributed by atoms with Crippen LogP contribution >= 0.6 is 0 Å². The Kier molecular flexibility index (Phi) is 17.0. The Morgan fingerprint density at radius 3 is 1.79 bits per heavy atom. The summed E-state index contributed by atoms with van der Waals surface area (Å²) in [6.45, 7) is 16.9. The fraction of sp³-hybridized carbons (Fsp3) is 0.944. The molecule has 0 amide bonds. The van der Waals surface area contributed by atoms with Crippen molar-refractivity contribution in [2.45, 2.75) is 241 Å². The Balaban J connectivity index is 0.892. The van der Waals surface area contributed by atoms with E-state index in [0.29, 0.717) is 44.9 Å². The zero-order chi connectivity index (χ0) is 56.4. The molecule has 442 valence electrons. The Morgan fingerprint density at radius 1 is 0.584 bits per heavy atom. The minimum absolute atomic E-state index is 0.0513. The lowest BCUT2D eigenvalue weighted by Crippen LogP contribution is -2.70. The molecule has 77 heavy (non-hydrogen) atoms. The number of esters is 1. The summed E-state index contributed by atoms with van der Waals surface area (Å²) < 4.78 is 47.1. The summed E-state index contributed by atoms with van der Waals surface area (Å²) in [5.74, 6) is -1.41. The van der Waals surface area contributed by atoms with Crippen LogP contribution in [0.2, 0.25) is 0 Å². The maximum Gasteiger partial charge on any atom is 0.314 e. The maximum absolute atomic E-state index is 15.2. The maximum atomic E-state index is 15.2. The van der Waals surface area contributed by atoms with E-state index in [2.05, 4.69) is 41.2 Å². The van der Waals surface area contributed by atoms with E-state index in [1.54, 1.807) is 0 Å². The van der Waals surface area contributed by atoms with Crippen LogP contribution in [0, 0.1) is 56.7 Å². The molecule has 0 aromatic rings. The van der Waals surface area contributed by atoms with Gasteiger partial charge in [0.2, 0.25) is 6.29 Å². The number of carbonyl (C=O) groups excluding carboxylic acids is 1. The van der Waals surface area contributed by atoms with Crippen LogP contribution in [-0.2, 0) is 42.7 Å². The minimum Gasteiger partial charge on any atom is -0.432 e. The highest BCUT2D eigenvalue weighted by molar-refractivity contribution is 5.78. The van der Waals surface area contributed by atoms with Crippen molar-refractivity contribution in [3.05, 3.63) is 12.2 Å². The van der Waals surface area contributed by atoms with Gasteiger partial charge in [0.15, 0.2) is 18.9 Å². The van der Waals surface area contributed by atoms with Crippen molar-refractivity contribution in [2.75, 3.05) is 19.8 Å². The molecule has 9 fully saturated rings. The SMILES string of the molecule is C=C(C)[C@H]1CC[C@@]2(C(=O)O[C@H]3O[C@@H](CO[C@H]4O[C@@H](CO)[C@H](O[C@H]5O[C@@H](C)[C@H](O)[C@@H](O)[C@@H]5O)[C@@H](O)[C@@H]4O)[C@H](O)[C@@H](O)[C@@H]3O)CC[C@]3(C)[C@@H](C[C@@H](O)[C@H]4[C@@]5(C)CC[C@H](O[C@H]6O[C@@H](CO)[C@H](O)[C@@H](O)[C@@H]6O)C(C)(C)[C@@H]5CC[C@]43C)[C@@H]12. The van der Waals surface area contributed by atoms with Gasteiger partial charge in [0.25, 0.3) is 0 Å². The Hall–Kier alpha value is -1.63. The molecule has 0 spiro atoms. The summed E-state index contributed by atoms with van der Waals surface area (Å²) >= 11 is 0. The number of aliphatic hydroxyl groups excluding tert-OH is 14. The normalized spacial score (nSPS) is 55.5. The number of fused-ring (bicyclic) bond motifs is 7. The first kappa shape index (κ1) is 60.0. The molecule has 23 nitrogen and oxygen atoms in total. The van der Waals surface area contributed by atoms with Crippen molar-refractivity contribution in [3.8, 4) is 0 Å². The summed E-state index contributed by atoms with van der Waals surface area (Å²) in [4.78, 5) is 15.2. The third kappa shape index (κ3) is 9.61. The Labute approximate surface area is 449 Å². The molecule has 23 heteroatoms. The van der Waals surface area contributed by atoms with Gasteiger partial charge in [0.05, 0.1) is 43.5 Å². The molecule has 5 aliphatic carbocycles. The monoisotopic (exact) mass is 1100 g/mol. The first-order valence-corrected chi connectivity index (χ1v) is 27.8. The number of hydrogen-bond donors (Lipinski definition) is 14. The molecule has 0 unspecified atom stereocenters. The van der Waals surface area contributed by atoms with E-state index in [1.807, 2.05) is 6.92 Å². The average Bonchev–Trinajstić information content (AvgIpc) is 4.02. The molecular weight excluding hydrogens is 1020 g/mol. The van der Waals surface area contributed by atoms with Crippen LogP contribution in [0.5, 0.6) is 0 Å². The molecule has 0 radical (unpaired) electrons. The van der Waals surface area contributed by atoms with Gasteiger partial charge in [0.1, 0.15) is 91.6 Å². The van der Waals surface area contributed by atoms with Gasteiger partial charge < -0.3 is 109 Å². The molecule has 4 saturated heterocycles. The first-order valence-electron chi connectivity index (χ1n) is 27.8. The number of aliphatic hydroxyl groups is 14. The molecule has 5 saturated carbocycles. The van der Waals surface area contributed by atoms with Crippen LogP contribution in [0.3, 0.4) is 0 Å². The van der Waals surface area contributed by atoms with Gasteiger partial charge in [-0.3, -0.25) is 4.79 Å². The lowest BCUT2D eigenvalue weighted by atomic mass is 9.31. The van der Waals surface area contributed by atoms with Crippen molar-refractivity contribution in [1.82, 2.24) is 0 Å². The van der Waals surface area contributed by atoms with Gasteiger partial charge in [-0.1, -0.05) is 46.8 Å². The van der Waals surface area contributed by atoms with Crippen molar-refractivity contribution >= 4 is 5.97 Å².